The molecule has 1 atom stereocenters. The van der Waals surface area contributed by atoms with Crippen molar-refractivity contribution < 1.29 is 4.74 Å². The van der Waals surface area contributed by atoms with Gasteiger partial charge in [-0.1, -0.05) is 44.2 Å². The average molecular weight is 221 g/mol. The Bertz CT molecular complexity index is 271. The smallest absolute Gasteiger partial charge is 0.0619 e. The quantitative estimate of drug-likeness (QED) is 0.718. The Labute approximate surface area is 98.8 Å². The van der Waals surface area contributed by atoms with Crippen LogP contribution in [0.2, 0.25) is 0 Å². The fourth-order valence-corrected chi connectivity index (χ4v) is 1.43. The second-order valence-corrected chi connectivity index (χ2v) is 4.57. The molecule has 1 aromatic carbocycles. The third kappa shape index (κ3) is 5.29. The molecule has 0 heterocycles. The molecule has 1 rings (SSSR count). The van der Waals surface area contributed by atoms with E-state index in [1.807, 2.05) is 6.07 Å². The molecule has 0 aliphatic heterocycles. The minimum Gasteiger partial charge on any atom is -0.380 e. The lowest BCUT2D eigenvalue weighted by molar-refractivity contribution is 0.108. The van der Waals surface area contributed by atoms with Crippen molar-refractivity contribution in [3.8, 4) is 0 Å². The molecule has 0 aliphatic carbocycles. The van der Waals surface area contributed by atoms with E-state index in [0.29, 0.717) is 12.5 Å². The Morgan fingerprint density at radius 3 is 2.50 bits per heavy atom. The standard InChI is InChI=1S/C14H23NO/c1-12(2)14(15)11-16-10-6-9-13-7-4-3-5-8-13/h3-5,7-8,12,14H,6,9-11,15H2,1-2H3. The van der Waals surface area contributed by atoms with Crippen molar-refractivity contribution in [1.29, 1.82) is 0 Å². The summed E-state index contributed by atoms with van der Waals surface area (Å²) in [6, 6.07) is 10.7. The Hall–Kier alpha value is -0.860. The number of nitrogens with two attached hydrogens (primary N) is 1. The molecule has 0 fully saturated rings. The van der Waals surface area contributed by atoms with Crippen LogP contribution in [-0.4, -0.2) is 19.3 Å². The van der Waals surface area contributed by atoms with E-state index in [9.17, 15) is 0 Å². The van der Waals surface area contributed by atoms with Crippen LogP contribution in [0.3, 0.4) is 0 Å². The lowest BCUT2D eigenvalue weighted by Gasteiger charge is -2.15. The van der Waals surface area contributed by atoms with E-state index < -0.39 is 0 Å². The second kappa shape index (κ2) is 7.42. The Balaban J connectivity index is 2.04. The normalized spacial score (nSPS) is 13.0. The van der Waals surface area contributed by atoms with Gasteiger partial charge in [-0.05, 0) is 24.3 Å². The molecule has 0 saturated carbocycles. The van der Waals surface area contributed by atoms with Crippen LogP contribution in [0.1, 0.15) is 25.8 Å². The van der Waals surface area contributed by atoms with Crippen LogP contribution in [0.15, 0.2) is 30.3 Å². The van der Waals surface area contributed by atoms with E-state index in [0.717, 1.165) is 19.4 Å². The van der Waals surface area contributed by atoms with Crippen LogP contribution >= 0.6 is 0 Å². The minimum atomic E-state index is 0.164. The Kier molecular flexibility index (Phi) is 6.12. The van der Waals surface area contributed by atoms with Gasteiger partial charge in [0.1, 0.15) is 0 Å². The first-order valence-electron chi connectivity index (χ1n) is 6.07. The van der Waals surface area contributed by atoms with Crippen LogP contribution in [0.25, 0.3) is 0 Å². The molecule has 2 N–H and O–H groups in total. The van der Waals surface area contributed by atoms with Crippen molar-refractivity contribution in [3.05, 3.63) is 35.9 Å². The SMILES string of the molecule is CC(C)C(N)COCCCc1ccccc1. The number of hydrogen-bond acceptors (Lipinski definition) is 2. The number of aryl methyl sites for hydroxylation is 1. The average Bonchev–Trinajstić information content (AvgIpc) is 2.29. The van der Waals surface area contributed by atoms with Crippen molar-refractivity contribution >= 4 is 0 Å². The summed E-state index contributed by atoms with van der Waals surface area (Å²) in [6.07, 6.45) is 2.15. The zero-order valence-electron chi connectivity index (χ0n) is 10.4. The van der Waals surface area contributed by atoms with Crippen molar-refractivity contribution in [2.24, 2.45) is 11.7 Å². The zero-order valence-corrected chi connectivity index (χ0v) is 10.4. The summed E-state index contributed by atoms with van der Waals surface area (Å²) in [5.74, 6) is 0.495. The fraction of sp³-hybridized carbons (Fsp3) is 0.571. The molecule has 0 amide bonds. The van der Waals surface area contributed by atoms with Crippen LogP contribution in [0, 0.1) is 5.92 Å². The van der Waals surface area contributed by atoms with E-state index in [1.54, 1.807) is 0 Å². The van der Waals surface area contributed by atoms with Gasteiger partial charge in [0, 0.05) is 12.6 Å². The monoisotopic (exact) mass is 221 g/mol. The van der Waals surface area contributed by atoms with Gasteiger partial charge in [-0.25, -0.2) is 0 Å². The number of hydrogen-bond donors (Lipinski definition) is 1. The predicted octanol–water partition coefficient (Wildman–Crippen LogP) is 2.62. The highest BCUT2D eigenvalue weighted by atomic mass is 16.5. The van der Waals surface area contributed by atoms with Crippen LogP contribution in [-0.2, 0) is 11.2 Å². The van der Waals surface area contributed by atoms with Crippen molar-refractivity contribution in [2.75, 3.05) is 13.2 Å². The van der Waals surface area contributed by atoms with Gasteiger partial charge in [-0.15, -0.1) is 0 Å². The summed E-state index contributed by atoms with van der Waals surface area (Å²) < 4.78 is 5.55. The maximum absolute atomic E-state index is 5.88. The van der Waals surface area contributed by atoms with Gasteiger partial charge in [0.15, 0.2) is 0 Å². The minimum absolute atomic E-state index is 0.164. The topological polar surface area (TPSA) is 35.2 Å². The first kappa shape index (κ1) is 13.2. The van der Waals surface area contributed by atoms with E-state index in [2.05, 4.69) is 38.1 Å². The lowest BCUT2D eigenvalue weighted by atomic mass is 10.1. The van der Waals surface area contributed by atoms with E-state index >= 15 is 0 Å². The zero-order chi connectivity index (χ0) is 11.8. The summed E-state index contributed by atoms with van der Waals surface area (Å²) in [5, 5.41) is 0. The van der Waals surface area contributed by atoms with Gasteiger partial charge in [0.2, 0.25) is 0 Å². The molecule has 1 unspecified atom stereocenters. The molecule has 0 aliphatic rings. The highest BCUT2D eigenvalue weighted by molar-refractivity contribution is 5.14. The highest BCUT2D eigenvalue weighted by Crippen LogP contribution is 2.03. The summed E-state index contributed by atoms with van der Waals surface area (Å²) in [4.78, 5) is 0. The second-order valence-electron chi connectivity index (χ2n) is 4.57. The van der Waals surface area contributed by atoms with Crippen molar-refractivity contribution in [2.45, 2.75) is 32.7 Å². The third-order valence-electron chi connectivity index (χ3n) is 2.76. The molecular formula is C14H23NO. The van der Waals surface area contributed by atoms with Crippen molar-refractivity contribution in [3.63, 3.8) is 0 Å². The van der Waals surface area contributed by atoms with Gasteiger partial charge in [-0.2, -0.15) is 0 Å². The van der Waals surface area contributed by atoms with Crippen molar-refractivity contribution in [1.82, 2.24) is 0 Å². The Morgan fingerprint density at radius 1 is 1.19 bits per heavy atom. The first-order valence-corrected chi connectivity index (χ1v) is 6.07. The van der Waals surface area contributed by atoms with Crippen LogP contribution in [0.4, 0.5) is 0 Å². The fourth-order valence-electron chi connectivity index (χ4n) is 1.43. The molecule has 16 heavy (non-hydrogen) atoms. The largest absolute Gasteiger partial charge is 0.380 e. The first-order chi connectivity index (χ1) is 7.70. The van der Waals surface area contributed by atoms with E-state index in [1.165, 1.54) is 5.56 Å². The highest BCUT2D eigenvalue weighted by Gasteiger charge is 2.06. The third-order valence-corrected chi connectivity index (χ3v) is 2.76. The molecule has 1 aromatic rings. The summed E-state index contributed by atoms with van der Waals surface area (Å²) >= 11 is 0. The molecule has 90 valence electrons. The number of ether oxygens (including phenoxy) is 1. The molecule has 0 aromatic heterocycles. The molecule has 0 bridgehead atoms. The molecule has 2 heteroatoms. The van der Waals surface area contributed by atoms with Gasteiger partial charge >= 0.3 is 0 Å². The maximum Gasteiger partial charge on any atom is 0.0619 e. The summed E-state index contributed by atoms with van der Waals surface area (Å²) in [7, 11) is 0. The van der Waals surface area contributed by atoms with Gasteiger partial charge in [-0.3, -0.25) is 0 Å². The van der Waals surface area contributed by atoms with Crippen LogP contribution in [0.5, 0.6) is 0 Å². The molecule has 0 spiro atoms. The van der Waals surface area contributed by atoms with Gasteiger partial charge < -0.3 is 10.5 Å². The maximum atomic E-state index is 5.88. The lowest BCUT2D eigenvalue weighted by Crippen LogP contribution is -2.31. The van der Waals surface area contributed by atoms with Gasteiger partial charge in [0.25, 0.3) is 0 Å². The molecular weight excluding hydrogens is 198 g/mol. The predicted molar refractivity (Wildman–Crippen MR) is 68.4 cm³/mol. The molecule has 0 radical (unpaired) electrons. The number of rotatable bonds is 7. The van der Waals surface area contributed by atoms with E-state index in [4.69, 9.17) is 10.5 Å². The summed E-state index contributed by atoms with van der Waals surface area (Å²) in [5.41, 5.74) is 7.26. The van der Waals surface area contributed by atoms with Gasteiger partial charge in [0.05, 0.1) is 6.61 Å². The summed E-state index contributed by atoms with van der Waals surface area (Å²) in [6.45, 7) is 5.72. The molecule has 2 nitrogen and oxygen atoms in total. The Morgan fingerprint density at radius 2 is 1.88 bits per heavy atom. The van der Waals surface area contributed by atoms with E-state index in [-0.39, 0.29) is 6.04 Å². The van der Waals surface area contributed by atoms with Crippen LogP contribution < -0.4 is 5.73 Å². The molecule has 0 saturated heterocycles. The number of benzene rings is 1.